The van der Waals surface area contributed by atoms with Crippen LogP contribution in [0.25, 0.3) is 90.0 Å². The van der Waals surface area contributed by atoms with Gasteiger partial charge in [0.15, 0.2) is 0 Å². The van der Waals surface area contributed by atoms with Crippen LogP contribution in [0, 0.1) is 5.92 Å². The van der Waals surface area contributed by atoms with Gasteiger partial charge in [0.25, 0.3) is 0 Å². The third-order valence-electron chi connectivity index (χ3n) is 12.6. The van der Waals surface area contributed by atoms with Gasteiger partial charge in [-0.25, -0.2) is 9.97 Å². The van der Waals surface area contributed by atoms with Crippen LogP contribution in [0.4, 0.5) is 0 Å². The average Bonchev–Trinajstić information content (AvgIpc) is 4.19. The minimum atomic E-state index is -0.166. The van der Waals surface area contributed by atoms with E-state index in [0.29, 0.717) is 6.61 Å². The normalized spacial score (nSPS) is 17.8. The van der Waals surface area contributed by atoms with E-state index in [1.807, 2.05) is 0 Å². The molecule has 5 aromatic carbocycles. The third kappa shape index (κ3) is 5.98. The van der Waals surface area contributed by atoms with Gasteiger partial charge in [-0.1, -0.05) is 152 Å². The lowest BCUT2D eigenvalue weighted by molar-refractivity contribution is 0.123. The Hall–Kier alpha value is -7.54. The van der Waals surface area contributed by atoms with Crippen LogP contribution in [-0.2, 0) is 4.74 Å². The first-order valence-electron chi connectivity index (χ1n) is 21.1. The molecule has 0 spiro atoms. The molecule has 61 heavy (non-hydrogen) atoms. The minimum absolute atomic E-state index is 0.0398. The van der Waals surface area contributed by atoms with Crippen molar-refractivity contribution in [2.24, 2.45) is 5.92 Å². The minimum Gasteiger partial charge on any atom is -0.376 e. The molecule has 12 rings (SSSR count). The van der Waals surface area contributed by atoms with E-state index in [2.05, 4.69) is 203 Å². The van der Waals surface area contributed by atoms with E-state index in [4.69, 9.17) is 14.7 Å². The van der Waals surface area contributed by atoms with Crippen LogP contribution in [-0.4, -0.2) is 32.6 Å². The topological polar surface area (TPSA) is 78.6 Å². The molecule has 8 bridgehead atoms. The van der Waals surface area contributed by atoms with Crippen LogP contribution < -0.4 is 5.32 Å². The molecule has 1 fully saturated rings. The van der Waals surface area contributed by atoms with Crippen LogP contribution in [0.15, 0.2) is 176 Å². The summed E-state index contributed by atoms with van der Waals surface area (Å²) >= 11 is 0. The largest absolute Gasteiger partial charge is 0.376 e. The van der Waals surface area contributed by atoms with Crippen molar-refractivity contribution in [2.45, 2.75) is 18.6 Å². The highest BCUT2D eigenvalue weighted by Crippen LogP contribution is 2.52. The summed E-state index contributed by atoms with van der Waals surface area (Å²) in [4.78, 5) is 19.2. The zero-order chi connectivity index (χ0) is 40.3. The van der Waals surface area contributed by atoms with E-state index < -0.39 is 0 Å². The highest BCUT2D eigenvalue weighted by Gasteiger charge is 2.47. The first kappa shape index (κ1) is 35.4. The number of rotatable bonds is 5. The monoisotopic (exact) mass is 787 g/mol. The molecule has 3 N–H and O–H groups in total. The molecule has 6 heteroatoms. The Morgan fingerprint density at radius 1 is 0.443 bits per heavy atom. The number of hydrogen-bond donors (Lipinski definition) is 3. The van der Waals surface area contributed by atoms with Gasteiger partial charge in [0.1, 0.15) is 0 Å². The fraction of sp³-hybridized carbons (Fsp3) is 0.0909. The number of aromatic nitrogens is 4. The van der Waals surface area contributed by atoms with Gasteiger partial charge < -0.3 is 20.0 Å². The predicted octanol–water partition coefficient (Wildman–Crippen LogP) is 12.8. The van der Waals surface area contributed by atoms with E-state index in [1.54, 1.807) is 0 Å². The highest BCUT2D eigenvalue weighted by molar-refractivity contribution is 6.06. The second-order valence-electron chi connectivity index (χ2n) is 16.1. The van der Waals surface area contributed by atoms with Crippen molar-refractivity contribution in [3.05, 3.63) is 204 Å². The van der Waals surface area contributed by atoms with Gasteiger partial charge in [-0.05, 0) is 70.7 Å². The summed E-state index contributed by atoms with van der Waals surface area (Å²) in [6.45, 7) is 0.685. The van der Waals surface area contributed by atoms with Crippen LogP contribution in [0.1, 0.15) is 40.8 Å². The molecule has 292 valence electrons. The Morgan fingerprint density at radius 3 is 1.36 bits per heavy atom. The van der Waals surface area contributed by atoms with Crippen LogP contribution in [0.5, 0.6) is 0 Å². The van der Waals surface area contributed by atoms with Gasteiger partial charge in [0.2, 0.25) is 0 Å². The summed E-state index contributed by atoms with van der Waals surface area (Å²) in [6.07, 6.45) is 5.08. The standard InChI is InChI=1S/C55H41N5O/c1-6-16-34(17-7-1)46-40-26-27-41(56-40)47(35-18-8-2-9-19-35)43-29-31-45(58-43)49(37-22-12-4-13-23-37)53-54-50(55-39(32-33-61-55)51(59-54)38-24-14-5-15-25-38)52(60-53)48(36-20-10-3-11-21-36)44-30-28-42(46)57-44/h1-31,39,51,55,57-59H,32-33H2/t39-,51-,55-/m1/s1. The molecule has 1 saturated heterocycles. The molecular formula is C55H41N5O. The third-order valence-corrected chi connectivity index (χ3v) is 12.6. The zero-order valence-electron chi connectivity index (χ0n) is 33.3. The second kappa shape index (κ2) is 14.6. The van der Waals surface area contributed by atoms with Gasteiger partial charge in [0.05, 0.1) is 40.6 Å². The molecule has 0 radical (unpaired) electrons. The zero-order valence-corrected chi connectivity index (χ0v) is 33.3. The number of aromatic amines is 2. The van der Waals surface area contributed by atoms with Gasteiger partial charge in [-0.3, -0.25) is 0 Å². The van der Waals surface area contributed by atoms with E-state index in [0.717, 1.165) is 107 Å². The van der Waals surface area contributed by atoms with Crippen LogP contribution >= 0.6 is 0 Å². The summed E-state index contributed by atoms with van der Waals surface area (Å²) in [5.74, 6) is 0.215. The molecular weight excluding hydrogens is 747 g/mol. The number of H-pyrrole nitrogens is 2. The van der Waals surface area contributed by atoms with Gasteiger partial charge in [-0.15, -0.1) is 0 Å². The quantitative estimate of drug-likeness (QED) is 0.162. The Labute approximate surface area is 354 Å². The fourth-order valence-corrected chi connectivity index (χ4v) is 9.92. The van der Waals surface area contributed by atoms with E-state index in [1.165, 1.54) is 5.56 Å². The molecule has 0 saturated carbocycles. The number of hydrogen-bond acceptors (Lipinski definition) is 4. The summed E-state index contributed by atoms with van der Waals surface area (Å²) in [6, 6.07) is 62.2. The molecule has 0 unspecified atom stereocenters. The summed E-state index contributed by atoms with van der Waals surface area (Å²) < 4.78 is 6.89. The molecule has 6 nitrogen and oxygen atoms in total. The van der Waals surface area contributed by atoms with Crippen molar-refractivity contribution in [3.8, 4) is 44.5 Å². The fourth-order valence-electron chi connectivity index (χ4n) is 9.92. The van der Waals surface area contributed by atoms with Crippen molar-refractivity contribution in [2.75, 3.05) is 6.61 Å². The molecule has 7 heterocycles. The first-order chi connectivity index (χ1) is 30.3. The number of benzene rings is 5. The Morgan fingerprint density at radius 2 is 0.869 bits per heavy atom. The molecule has 4 aliphatic heterocycles. The van der Waals surface area contributed by atoms with Crippen molar-refractivity contribution in [3.63, 3.8) is 0 Å². The Bertz CT molecular complexity index is 3190. The van der Waals surface area contributed by atoms with Crippen molar-refractivity contribution in [1.82, 2.24) is 25.3 Å². The second-order valence-corrected chi connectivity index (χ2v) is 16.1. The summed E-state index contributed by atoms with van der Waals surface area (Å²) in [5, 5.41) is 4.15. The lowest BCUT2D eigenvalue weighted by Crippen LogP contribution is -2.38. The van der Waals surface area contributed by atoms with Crippen molar-refractivity contribution in [1.29, 1.82) is 0 Å². The van der Waals surface area contributed by atoms with Crippen molar-refractivity contribution < 1.29 is 4.74 Å². The highest BCUT2D eigenvalue weighted by atomic mass is 16.5. The Kier molecular flexibility index (Phi) is 8.49. The number of nitrogens with one attached hydrogen (secondary N) is 3. The predicted molar refractivity (Wildman–Crippen MR) is 249 cm³/mol. The van der Waals surface area contributed by atoms with E-state index in [-0.39, 0.29) is 18.1 Å². The van der Waals surface area contributed by atoms with Gasteiger partial charge >= 0.3 is 0 Å². The number of ether oxygens (including phenoxy) is 1. The molecule has 3 aromatic heterocycles. The van der Waals surface area contributed by atoms with Crippen molar-refractivity contribution >= 4 is 45.5 Å². The lowest BCUT2D eigenvalue weighted by Gasteiger charge is -2.36. The number of fused-ring (bicyclic) bond motifs is 12. The number of nitrogens with zero attached hydrogens (tertiary/aromatic N) is 2. The lowest BCUT2D eigenvalue weighted by atomic mass is 9.79. The average molecular weight is 788 g/mol. The Balaban J connectivity index is 1.28. The van der Waals surface area contributed by atoms with E-state index in [9.17, 15) is 0 Å². The maximum atomic E-state index is 6.89. The molecule has 0 aliphatic carbocycles. The van der Waals surface area contributed by atoms with Crippen LogP contribution in [0.3, 0.4) is 0 Å². The molecule has 8 aromatic rings. The molecule has 4 aliphatic rings. The SMILES string of the molecule is C1=Cc2nc1c(-c1ccccc1)c1ccc([nH]1)c(-c1ccccc1)c1nc(c(-c3ccccc3)c3ccc([nH]3)c2-c2ccccc2)C2=C1N[C@H](c1ccccc1)[C@H]1CCO[C@@H]21. The summed E-state index contributed by atoms with van der Waals surface area (Å²) in [7, 11) is 0. The summed E-state index contributed by atoms with van der Waals surface area (Å²) in [5.41, 5.74) is 19.2. The smallest absolute Gasteiger partial charge is 0.0972 e. The van der Waals surface area contributed by atoms with Gasteiger partial charge in [-0.2, -0.15) is 0 Å². The van der Waals surface area contributed by atoms with Crippen LogP contribution in [0.2, 0.25) is 0 Å². The molecule has 0 amide bonds. The first-order valence-corrected chi connectivity index (χ1v) is 21.1. The van der Waals surface area contributed by atoms with Gasteiger partial charge in [0, 0.05) is 62.4 Å². The maximum absolute atomic E-state index is 6.89. The maximum Gasteiger partial charge on any atom is 0.0972 e. The van der Waals surface area contributed by atoms with E-state index >= 15 is 0 Å². The molecule has 3 atom stereocenters.